The summed E-state index contributed by atoms with van der Waals surface area (Å²) in [7, 11) is 0. The van der Waals surface area contributed by atoms with Crippen molar-refractivity contribution in [2.75, 3.05) is 11.9 Å². The first-order valence-corrected chi connectivity index (χ1v) is 8.81. The van der Waals surface area contributed by atoms with E-state index >= 15 is 0 Å². The first kappa shape index (κ1) is 18.0. The summed E-state index contributed by atoms with van der Waals surface area (Å²) in [5.74, 6) is -0.188. The summed E-state index contributed by atoms with van der Waals surface area (Å²) in [5, 5.41) is 6.85. The molecule has 0 bridgehead atoms. The van der Waals surface area contributed by atoms with Crippen LogP contribution < -0.4 is 10.6 Å². The molecule has 0 saturated carbocycles. The van der Waals surface area contributed by atoms with Gasteiger partial charge in [0, 0.05) is 29.1 Å². The maximum absolute atomic E-state index is 12.3. The normalized spacial score (nSPS) is 10.4. The van der Waals surface area contributed by atoms with Crippen LogP contribution in [0.2, 0.25) is 5.02 Å². The molecule has 0 spiro atoms. The van der Waals surface area contributed by atoms with Crippen molar-refractivity contribution in [2.45, 2.75) is 13.3 Å². The largest absolute Gasteiger partial charge is 0.355 e. The fraction of sp³-hybridized carbons (Fsp3) is 0.143. The average molecular weight is 366 g/mol. The zero-order chi connectivity index (χ0) is 18.4. The number of hydrogen-bond acceptors (Lipinski definition) is 3. The Kier molecular flexibility index (Phi) is 5.87. The number of rotatable bonds is 6. The van der Waals surface area contributed by atoms with Gasteiger partial charge in [0.25, 0.3) is 5.91 Å². The number of nitrogens with one attached hydrogen (secondary N) is 2. The minimum Gasteiger partial charge on any atom is -0.355 e. The Morgan fingerprint density at radius 2 is 1.88 bits per heavy atom. The Morgan fingerprint density at radius 3 is 2.69 bits per heavy atom. The Balaban J connectivity index is 1.63. The van der Waals surface area contributed by atoms with E-state index in [1.54, 1.807) is 12.3 Å². The molecular weight excluding hydrogens is 346 g/mol. The van der Waals surface area contributed by atoms with Gasteiger partial charge in [-0.2, -0.15) is 0 Å². The smallest absolute Gasteiger partial charge is 0.269 e. The minimum atomic E-state index is -0.188. The number of aryl methyl sites for hydroxylation is 1. The van der Waals surface area contributed by atoms with E-state index in [2.05, 4.69) is 15.6 Å². The van der Waals surface area contributed by atoms with Gasteiger partial charge in [0.1, 0.15) is 5.69 Å². The summed E-state index contributed by atoms with van der Waals surface area (Å²) in [6.07, 6.45) is 2.40. The molecule has 5 heteroatoms. The van der Waals surface area contributed by atoms with Crippen molar-refractivity contribution in [3.05, 3.63) is 88.7 Å². The van der Waals surface area contributed by atoms with E-state index in [4.69, 9.17) is 11.6 Å². The molecule has 1 amide bonds. The number of nitrogens with zero attached hydrogens (tertiary/aromatic N) is 1. The molecule has 3 rings (SSSR count). The minimum absolute atomic E-state index is 0.188. The first-order valence-electron chi connectivity index (χ1n) is 8.43. The van der Waals surface area contributed by atoms with Crippen molar-refractivity contribution >= 4 is 28.9 Å². The lowest BCUT2D eigenvalue weighted by Gasteiger charge is -2.11. The van der Waals surface area contributed by atoms with Crippen molar-refractivity contribution in [2.24, 2.45) is 0 Å². The fourth-order valence-corrected chi connectivity index (χ4v) is 2.74. The standard InChI is InChI=1S/C21H20ClN3O/c1-15-7-8-17(22)13-19(15)25-18-10-12-23-20(14-18)21(26)24-11-9-16-5-3-2-4-6-16/h2-8,10,12-14H,9,11H2,1H3,(H,23,25)(H,24,26). The summed E-state index contributed by atoms with van der Waals surface area (Å²) in [6.45, 7) is 2.56. The first-order chi connectivity index (χ1) is 12.6. The van der Waals surface area contributed by atoms with Gasteiger partial charge in [0.15, 0.2) is 0 Å². The van der Waals surface area contributed by atoms with Crippen LogP contribution in [0, 0.1) is 6.92 Å². The zero-order valence-electron chi connectivity index (χ0n) is 14.5. The summed E-state index contributed by atoms with van der Waals surface area (Å²) in [5.41, 5.74) is 4.33. The average Bonchev–Trinajstić information content (AvgIpc) is 2.66. The van der Waals surface area contributed by atoms with Crippen LogP contribution in [0.25, 0.3) is 0 Å². The Bertz CT molecular complexity index is 897. The molecule has 0 fully saturated rings. The number of halogens is 1. The summed E-state index contributed by atoms with van der Waals surface area (Å²) in [6, 6.07) is 19.3. The lowest BCUT2D eigenvalue weighted by atomic mass is 10.1. The summed E-state index contributed by atoms with van der Waals surface area (Å²) in [4.78, 5) is 16.5. The van der Waals surface area contributed by atoms with Gasteiger partial charge >= 0.3 is 0 Å². The Hall–Kier alpha value is -2.85. The highest BCUT2D eigenvalue weighted by atomic mass is 35.5. The molecule has 0 atom stereocenters. The monoisotopic (exact) mass is 365 g/mol. The van der Waals surface area contributed by atoms with Crippen LogP contribution in [-0.4, -0.2) is 17.4 Å². The van der Waals surface area contributed by atoms with E-state index in [0.717, 1.165) is 23.4 Å². The second-order valence-electron chi connectivity index (χ2n) is 6.01. The number of carbonyl (C=O) groups is 1. The van der Waals surface area contributed by atoms with Gasteiger partial charge in [-0.25, -0.2) is 0 Å². The van der Waals surface area contributed by atoms with E-state index in [-0.39, 0.29) is 5.91 Å². The van der Waals surface area contributed by atoms with E-state index in [9.17, 15) is 4.79 Å². The number of anilines is 2. The van der Waals surface area contributed by atoms with Gasteiger partial charge in [0.05, 0.1) is 0 Å². The van der Waals surface area contributed by atoms with E-state index in [1.807, 2.05) is 61.5 Å². The quantitative estimate of drug-likeness (QED) is 0.662. The number of pyridine rings is 1. The lowest BCUT2D eigenvalue weighted by Crippen LogP contribution is -2.26. The van der Waals surface area contributed by atoms with Gasteiger partial charge in [0.2, 0.25) is 0 Å². The molecule has 132 valence electrons. The zero-order valence-corrected chi connectivity index (χ0v) is 15.3. The molecule has 2 N–H and O–H groups in total. The van der Waals surface area contributed by atoms with Crippen molar-refractivity contribution in [3.8, 4) is 0 Å². The Labute approximate surface area is 158 Å². The van der Waals surface area contributed by atoms with Crippen molar-refractivity contribution in [1.29, 1.82) is 0 Å². The van der Waals surface area contributed by atoms with Crippen LogP contribution >= 0.6 is 11.6 Å². The molecule has 0 aliphatic heterocycles. The second kappa shape index (κ2) is 8.50. The molecule has 1 aromatic heterocycles. The number of aromatic nitrogens is 1. The molecule has 0 aliphatic rings. The van der Waals surface area contributed by atoms with Crippen LogP contribution in [0.4, 0.5) is 11.4 Å². The lowest BCUT2D eigenvalue weighted by molar-refractivity contribution is 0.0949. The van der Waals surface area contributed by atoms with E-state index < -0.39 is 0 Å². The highest BCUT2D eigenvalue weighted by Gasteiger charge is 2.08. The van der Waals surface area contributed by atoms with Crippen molar-refractivity contribution < 1.29 is 4.79 Å². The molecule has 0 aliphatic carbocycles. The molecule has 4 nitrogen and oxygen atoms in total. The third kappa shape index (κ3) is 4.83. The maximum Gasteiger partial charge on any atom is 0.269 e. The number of carbonyl (C=O) groups excluding carboxylic acids is 1. The fourth-order valence-electron chi connectivity index (χ4n) is 2.57. The number of amides is 1. The number of hydrogen-bond donors (Lipinski definition) is 2. The molecule has 1 heterocycles. The van der Waals surface area contributed by atoms with Crippen LogP contribution in [0.3, 0.4) is 0 Å². The third-order valence-corrected chi connectivity index (χ3v) is 4.25. The van der Waals surface area contributed by atoms with Gasteiger partial charge < -0.3 is 10.6 Å². The molecule has 3 aromatic rings. The predicted octanol–water partition coefficient (Wildman–Crippen LogP) is 4.76. The number of benzene rings is 2. The van der Waals surface area contributed by atoms with Gasteiger partial charge in [-0.05, 0) is 48.7 Å². The third-order valence-electron chi connectivity index (χ3n) is 4.01. The SMILES string of the molecule is Cc1ccc(Cl)cc1Nc1ccnc(C(=O)NCCc2ccccc2)c1. The van der Waals surface area contributed by atoms with Gasteiger partial charge in [-0.3, -0.25) is 9.78 Å². The van der Waals surface area contributed by atoms with Crippen LogP contribution in [0.5, 0.6) is 0 Å². The Morgan fingerprint density at radius 1 is 1.08 bits per heavy atom. The van der Waals surface area contributed by atoms with Gasteiger partial charge in [-0.1, -0.05) is 48.0 Å². The second-order valence-corrected chi connectivity index (χ2v) is 6.44. The van der Waals surface area contributed by atoms with Crippen LogP contribution in [-0.2, 0) is 6.42 Å². The van der Waals surface area contributed by atoms with Gasteiger partial charge in [-0.15, -0.1) is 0 Å². The van der Waals surface area contributed by atoms with Crippen LogP contribution in [0.1, 0.15) is 21.6 Å². The van der Waals surface area contributed by atoms with Crippen LogP contribution in [0.15, 0.2) is 66.9 Å². The van der Waals surface area contributed by atoms with Crippen molar-refractivity contribution in [1.82, 2.24) is 10.3 Å². The molecule has 2 aromatic carbocycles. The summed E-state index contributed by atoms with van der Waals surface area (Å²) < 4.78 is 0. The highest BCUT2D eigenvalue weighted by molar-refractivity contribution is 6.30. The molecular formula is C21H20ClN3O. The summed E-state index contributed by atoms with van der Waals surface area (Å²) >= 11 is 6.06. The predicted molar refractivity (Wildman–Crippen MR) is 106 cm³/mol. The van der Waals surface area contributed by atoms with E-state index in [0.29, 0.717) is 17.3 Å². The molecule has 0 radical (unpaired) electrons. The van der Waals surface area contributed by atoms with E-state index in [1.165, 1.54) is 5.56 Å². The highest BCUT2D eigenvalue weighted by Crippen LogP contribution is 2.24. The molecule has 26 heavy (non-hydrogen) atoms. The topological polar surface area (TPSA) is 54.0 Å². The molecule has 0 unspecified atom stereocenters. The van der Waals surface area contributed by atoms with Crippen molar-refractivity contribution in [3.63, 3.8) is 0 Å². The molecule has 0 saturated heterocycles. The maximum atomic E-state index is 12.3.